The van der Waals surface area contributed by atoms with E-state index in [4.69, 9.17) is 5.11 Å². The molecule has 0 unspecified atom stereocenters. The van der Waals surface area contributed by atoms with Gasteiger partial charge in [0.05, 0.1) is 5.69 Å². The van der Waals surface area contributed by atoms with Gasteiger partial charge in [0.2, 0.25) is 0 Å². The molecule has 0 amide bonds. The molecule has 0 aliphatic carbocycles. The lowest BCUT2D eigenvalue weighted by Gasteiger charge is -2.03. The van der Waals surface area contributed by atoms with Crippen molar-refractivity contribution in [1.29, 1.82) is 0 Å². The third-order valence-electron chi connectivity index (χ3n) is 2.11. The molecular formula is C10H16N2O2. The van der Waals surface area contributed by atoms with E-state index in [1.165, 1.54) is 0 Å². The maximum absolute atomic E-state index is 10.7. The van der Waals surface area contributed by atoms with E-state index in [0.29, 0.717) is 17.2 Å². The maximum Gasteiger partial charge on any atom is 0.339 e. The predicted molar refractivity (Wildman–Crippen MR) is 53.4 cm³/mol. The normalized spacial score (nSPS) is 10.9. The number of hydrogen-bond donors (Lipinski definition) is 1. The lowest BCUT2D eigenvalue weighted by molar-refractivity contribution is 0.0696. The summed E-state index contributed by atoms with van der Waals surface area (Å²) in [5, 5.41) is 12.9. The van der Waals surface area contributed by atoms with Crippen molar-refractivity contribution in [3.63, 3.8) is 0 Å². The second-order valence-electron chi connectivity index (χ2n) is 3.88. The van der Waals surface area contributed by atoms with Crippen LogP contribution in [0.15, 0.2) is 6.20 Å². The van der Waals surface area contributed by atoms with Crippen LogP contribution in [0.5, 0.6) is 0 Å². The minimum Gasteiger partial charge on any atom is -0.478 e. The van der Waals surface area contributed by atoms with Crippen molar-refractivity contribution in [2.75, 3.05) is 0 Å². The highest BCUT2D eigenvalue weighted by atomic mass is 16.4. The number of rotatable bonds is 4. The van der Waals surface area contributed by atoms with Gasteiger partial charge in [0.1, 0.15) is 5.56 Å². The molecule has 0 atom stereocenters. The highest BCUT2D eigenvalue weighted by molar-refractivity contribution is 5.88. The molecule has 0 saturated heterocycles. The van der Waals surface area contributed by atoms with Gasteiger partial charge in [-0.25, -0.2) is 4.79 Å². The van der Waals surface area contributed by atoms with Gasteiger partial charge in [-0.2, -0.15) is 5.10 Å². The Morgan fingerprint density at radius 1 is 1.64 bits per heavy atom. The Hall–Kier alpha value is -1.32. The van der Waals surface area contributed by atoms with Crippen LogP contribution in [0.4, 0.5) is 0 Å². The second kappa shape index (κ2) is 4.26. The Morgan fingerprint density at radius 2 is 2.29 bits per heavy atom. The summed E-state index contributed by atoms with van der Waals surface area (Å²) in [5.41, 5.74) is 0.884. The highest BCUT2D eigenvalue weighted by Gasteiger charge is 2.11. The van der Waals surface area contributed by atoms with Gasteiger partial charge in [-0.05, 0) is 19.3 Å². The third kappa shape index (κ3) is 2.58. The molecule has 1 aromatic rings. The maximum atomic E-state index is 10.7. The zero-order valence-corrected chi connectivity index (χ0v) is 8.82. The van der Waals surface area contributed by atoms with Crippen LogP contribution in [0.25, 0.3) is 0 Å². The summed E-state index contributed by atoms with van der Waals surface area (Å²) in [6.07, 6.45) is 2.61. The van der Waals surface area contributed by atoms with Crippen LogP contribution in [0.3, 0.4) is 0 Å². The number of aromatic nitrogens is 2. The van der Waals surface area contributed by atoms with Crippen LogP contribution in [0.1, 0.15) is 36.3 Å². The molecule has 1 rings (SSSR count). The molecule has 0 fully saturated rings. The third-order valence-corrected chi connectivity index (χ3v) is 2.11. The Labute approximate surface area is 83.5 Å². The lowest BCUT2D eigenvalue weighted by Crippen LogP contribution is -2.02. The lowest BCUT2D eigenvalue weighted by atomic mass is 10.1. The molecule has 78 valence electrons. The van der Waals surface area contributed by atoms with E-state index in [-0.39, 0.29) is 0 Å². The molecule has 0 spiro atoms. The number of carboxylic acids is 1. The fourth-order valence-corrected chi connectivity index (χ4v) is 1.23. The number of nitrogens with zero attached hydrogens (tertiary/aromatic N) is 2. The quantitative estimate of drug-likeness (QED) is 0.800. The largest absolute Gasteiger partial charge is 0.478 e. The Kier molecular flexibility index (Phi) is 3.28. The zero-order chi connectivity index (χ0) is 10.7. The Bertz CT molecular complexity index is 329. The number of aromatic carboxylic acids is 1. The fraction of sp³-hybridized carbons (Fsp3) is 0.600. The van der Waals surface area contributed by atoms with Gasteiger partial charge in [0, 0.05) is 12.7 Å². The summed E-state index contributed by atoms with van der Waals surface area (Å²) < 4.78 is 1.71. The fourth-order valence-electron chi connectivity index (χ4n) is 1.23. The number of carbonyl (C=O) groups is 1. The topological polar surface area (TPSA) is 55.1 Å². The van der Waals surface area contributed by atoms with Gasteiger partial charge < -0.3 is 5.11 Å². The van der Waals surface area contributed by atoms with Gasteiger partial charge >= 0.3 is 5.97 Å². The van der Waals surface area contributed by atoms with Gasteiger partial charge in [-0.15, -0.1) is 0 Å². The van der Waals surface area contributed by atoms with Crippen molar-refractivity contribution in [1.82, 2.24) is 9.78 Å². The van der Waals surface area contributed by atoms with Gasteiger partial charge in [0.15, 0.2) is 0 Å². The molecule has 0 aromatic carbocycles. The average Bonchev–Trinajstić information content (AvgIpc) is 2.43. The predicted octanol–water partition coefficient (Wildman–Crippen LogP) is 1.94. The SMILES string of the molecule is Cc1nn(CCC(C)C)cc1C(=O)O. The summed E-state index contributed by atoms with van der Waals surface area (Å²) in [5.74, 6) is -0.300. The molecule has 0 aliphatic heterocycles. The summed E-state index contributed by atoms with van der Waals surface area (Å²) in [4.78, 5) is 10.7. The summed E-state index contributed by atoms with van der Waals surface area (Å²) in [7, 11) is 0. The highest BCUT2D eigenvalue weighted by Crippen LogP contribution is 2.08. The summed E-state index contributed by atoms with van der Waals surface area (Å²) >= 11 is 0. The van der Waals surface area contributed by atoms with E-state index in [1.54, 1.807) is 17.8 Å². The van der Waals surface area contributed by atoms with Crippen molar-refractivity contribution in [3.8, 4) is 0 Å². The summed E-state index contributed by atoms with van der Waals surface area (Å²) in [6, 6.07) is 0. The van der Waals surface area contributed by atoms with Gasteiger partial charge in [-0.3, -0.25) is 4.68 Å². The van der Waals surface area contributed by atoms with Crippen molar-refractivity contribution in [2.45, 2.75) is 33.7 Å². The van der Waals surface area contributed by atoms with Gasteiger partial charge in [-0.1, -0.05) is 13.8 Å². The Balaban J connectivity index is 2.71. The first kappa shape index (κ1) is 10.8. The molecule has 4 nitrogen and oxygen atoms in total. The molecule has 14 heavy (non-hydrogen) atoms. The molecule has 4 heteroatoms. The van der Waals surface area contributed by atoms with E-state index in [2.05, 4.69) is 18.9 Å². The van der Waals surface area contributed by atoms with E-state index < -0.39 is 5.97 Å². The molecule has 0 aliphatic rings. The van der Waals surface area contributed by atoms with Crippen LogP contribution >= 0.6 is 0 Å². The van der Waals surface area contributed by atoms with E-state index in [9.17, 15) is 4.79 Å². The molecule has 1 aromatic heterocycles. The van der Waals surface area contributed by atoms with Crippen molar-refractivity contribution >= 4 is 5.97 Å². The standard InChI is InChI=1S/C10H16N2O2/c1-7(2)4-5-12-6-9(10(13)14)8(3)11-12/h6-7H,4-5H2,1-3H3,(H,13,14). The van der Waals surface area contributed by atoms with Crippen LogP contribution in [-0.2, 0) is 6.54 Å². The molecule has 0 radical (unpaired) electrons. The van der Waals surface area contributed by atoms with Gasteiger partial charge in [0.25, 0.3) is 0 Å². The van der Waals surface area contributed by atoms with Crippen LogP contribution in [-0.4, -0.2) is 20.9 Å². The smallest absolute Gasteiger partial charge is 0.339 e. The number of aryl methyl sites for hydroxylation is 2. The number of hydrogen-bond acceptors (Lipinski definition) is 2. The number of carboxylic acid groups (broad SMARTS) is 1. The molecule has 0 bridgehead atoms. The first-order valence-corrected chi connectivity index (χ1v) is 4.78. The first-order valence-electron chi connectivity index (χ1n) is 4.78. The molecule has 0 saturated carbocycles. The molecule has 1 heterocycles. The second-order valence-corrected chi connectivity index (χ2v) is 3.88. The van der Waals surface area contributed by atoms with E-state index in [1.807, 2.05) is 0 Å². The summed E-state index contributed by atoms with van der Waals surface area (Å²) in [6.45, 7) is 6.77. The van der Waals surface area contributed by atoms with Crippen molar-refractivity contribution in [2.24, 2.45) is 5.92 Å². The zero-order valence-electron chi connectivity index (χ0n) is 8.82. The average molecular weight is 196 g/mol. The van der Waals surface area contributed by atoms with Crippen LogP contribution in [0, 0.1) is 12.8 Å². The monoisotopic (exact) mass is 196 g/mol. The minimum absolute atomic E-state index is 0.300. The molecular weight excluding hydrogens is 180 g/mol. The van der Waals surface area contributed by atoms with Crippen molar-refractivity contribution in [3.05, 3.63) is 17.5 Å². The van der Waals surface area contributed by atoms with Crippen LogP contribution < -0.4 is 0 Å². The molecule has 1 N–H and O–H groups in total. The minimum atomic E-state index is -0.904. The van der Waals surface area contributed by atoms with Crippen LogP contribution in [0.2, 0.25) is 0 Å². The Morgan fingerprint density at radius 3 is 2.71 bits per heavy atom. The first-order chi connectivity index (χ1) is 6.50. The van der Waals surface area contributed by atoms with E-state index >= 15 is 0 Å². The van der Waals surface area contributed by atoms with Crippen molar-refractivity contribution < 1.29 is 9.90 Å². The van der Waals surface area contributed by atoms with E-state index in [0.717, 1.165) is 13.0 Å².